The van der Waals surface area contributed by atoms with E-state index in [-0.39, 0.29) is 5.56 Å². The van der Waals surface area contributed by atoms with E-state index in [9.17, 15) is 4.79 Å². The Labute approximate surface area is 111 Å². The number of aromatic nitrogens is 2. The van der Waals surface area contributed by atoms with Crippen molar-refractivity contribution in [2.45, 2.75) is 20.8 Å². The summed E-state index contributed by atoms with van der Waals surface area (Å²) in [5.41, 5.74) is 3.73. The molecule has 2 rings (SSSR count). The third-order valence-corrected chi connectivity index (χ3v) is 3.26. The number of carboxylic acids is 1. The van der Waals surface area contributed by atoms with E-state index < -0.39 is 5.97 Å². The van der Waals surface area contributed by atoms with E-state index in [0.29, 0.717) is 11.4 Å². The van der Waals surface area contributed by atoms with Crippen LogP contribution < -0.4 is 4.74 Å². The van der Waals surface area contributed by atoms with Gasteiger partial charge in [0.1, 0.15) is 17.0 Å². The first-order valence-electron chi connectivity index (χ1n) is 5.89. The predicted molar refractivity (Wildman–Crippen MR) is 71.3 cm³/mol. The Morgan fingerprint density at radius 2 is 1.89 bits per heavy atom. The molecule has 2 aromatic rings. The molecular formula is C14H16N2O3. The van der Waals surface area contributed by atoms with Gasteiger partial charge in [-0.25, -0.2) is 9.48 Å². The molecule has 1 aromatic carbocycles. The SMILES string of the molecule is COc1cc(C)c(C)cc1-n1ncc(C(=O)O)c1C. The zero-order chi connectivity index (χ0) is 14.2. The molecule has 0 aliphatic rings. The molecule has 0 fully saturated rings. The smallest absolute Gasteiger partial charge is 0.339 e. The van der Waals surface area contributed by atoms with E-state index >= 15 is 0 Å². The number of carboxylic acid groups (broad SMARTS) is 1. The largest absolute Gasteiger partial charge is 0.494 e. The first kappa shape index (κ1) is 13.1. The molecule has 1 aromatic heterocycles. The van der Waals surface area contributed by atoms with Crippen molar-refractivity contribution in [1.82, 2.24) is 9.78 Å². The van der Waals surface area contributed by atoms with Gasteiger partial charge in [-0.15, -0.1) is 0 Å². The number of carbonyl (C=O) groups is 1. The zero-order valence-corrected chi connectivity index (χ0v) is 11.4. The molecule has 1 N–H and O–H groups in total. The molecule has 5 heteroatoms. The molecule has 0 spiro atoms. The summed E-state index contributed by atoms with van der Waals surface area (Å²) in [5, 5.41) is 13.2. The second kappa shape index (κ2) is 4.76. The van der Waals surface area contributed by atoms with E-state index in [1.165, 1.54) is 6.20 Å². The number of ether oxygens (including phenoxy) is 1. The Bertz CT molecular complexity index is 644. The molecule has 0 radical (unpaired) electrons. The van der Waals surface area contributed by atoms with E-state index in [2.05, 4.69) is 5.10 Å². The van der Waals surface area contributed by atoms with Crippen molar-refractivity contribution in [3.8, 4) is 11.4 Å². The summed E-state index contributed by atoms with van der Waals surface area (Å²) < 4.78 is 6.94. The van der Waals surface area contributed by atoms with Crippen LogP contribution in [0.1, 0.15) is 27.2 Å². The number of hydrogen-bond donors (Lipinski definition) is 1. The van der Waals surface area contributed by atoms with Crippen LogP contribution in [-0.2, 0) is 0 Å². The van der Waals surface area contributed by atoms with E-state index in [4.69, 9.17) is 9.84 Å². The Kier molecular flexibility index (Phi) is 3.29. The quantitative estimate of drug-likeness (QED) is 0.920. The number of methoxy groups -OCH3 is 1. The Hall–Kier alpha value is -2.30. The highest BCUT2D eigenvalue weighted by molar-refractivity contribution is 5.88. The summed E-state index contributed by atoms with van der Waals surface area (Å²) in [4.78, 5) is 11.1. The van der Waals surface area contributed by atoms with Crippen molar-refractivity contribution in [1.29, 1.82) is 0 Å². The molecule has 19 heavy (non-hydrogen) atoms. The van der Waals surface area contributed by atoms with Crippen LogP contribution in [-0.4, -0.2) is 28.0 Å². The summed E-state index contributed by atoms with van der Waals surface area (Å²) in [5.74, 6) is -0.308. The van der Waals surface area contributed by atoms with Gasteiger partial charge < -0.3 is 9.84 Å². The molecule has 0 saturated carbocycles. The Balaban J connectivity index is 2.65. The van der Waals surface area contributed by atoms with Gasteiger partial charge in [0.2, 0.25) is 0 Å². The Morgan fingerprint density at radius 1 is 1.26 bits per heavy atom. The van der Waals surface area contributed by atoms with Gasteiger partial charge in [0.05, 0.1) is 19.0 Å². The number of benzene rings is 1. The Morgan fingerprint density at radius 3 is 2.42 bits per heavy atom. The average molecular weight is 260 g/mol. The molecule has 1 heterocycles. The van der Waals surface area contributed by atoms with Crippen LogP contribution in [0.2, 0.25) is 0 Å². The first-order valence-corrected chi connectivity index (χ1v) is 5.89. The highest BCUT2D eigenvalue weighted by Crippen LogP contribution is 2.27. The van der Waals surface area contributed by atoms with Crippen LogP contribution >= 0.6 is 0 Å². The molecule has 100 valence electrons. The second-order valence-corrected chi connectivity index (χ2v) is 4.47. The van der Waals surface area contributed by atoms with Gasteiger partial charge in [0, 0.05) is 0 Å². The van der Waals surface area contributed by atoms with Gasteiger partial charge in [0.15, 0.2) is 0 Å². The topological polar surface area (TPSA) is 64.4 Å². The molecule has 0 aliphatic heterocycles. The fraction of sp³-hybridized carbons (Fsp3) is 0.286. The summed E-state index contributed by atoms with van der Waals surface area (Å²) in [6, 6.07) is 3.87. The van der Waals surface area contributed by atoms with Crippen LogP contribution in [0.15, 0.2) is 18.3 Å². The number of hydrogen-bond acceptors (Lipinski definition) is 3. The van der Waals surface area contributed by atoms with Crippen LogP contribution in [0.25, 0.3) is 5.69 Å². The molecule has 0 atom stereocenters. The number of rotatable bonds is 3. The summed E-state index contributed by atoms with van der Waals surface area (Å²) in [7, 11) is 1.59. The first-order chi connectivity index (χ1) is 8.95. The average Bonchev–Trinajstić information content (AvgIpc) is 2.74. The fourth-order valence-electron chi connectivity index (χ4n) is 1.97. The van der Waals surface area contributed by atoms with E-state index in [0.717, 1.165) is 16.8 Å². The minimum atomic E-state index is -0.980. The van der Waals surface area contributed by atoms with Crippen LogP contribution in [0.4, 0.5) is 0 Å². The van der Waals surface area contributed by atoms with Crippen LogP contribution in [0, 0.1) is 20.8 Å². The lowest BCUT2D eigenvalue weighted by Crippen LogP contribution is -2.05. The minimum absolute atomic E-state index is 0.195. The van der Waals surface area contributed by atoms with Gasteiger partial charge in [0.25, 0.3) is 0 Å². The standard InChI is InChI=1S/C14H16N2O3/c1-8-5-12(13(19-4)6-9(8)2)16-10(3)11(7-15-16)14(17)18/h5-7H,1-4H3,(H,17,18). The minimum Gasteiger partial charge on any atom is -0.494 e. The third-order valence-electron chi connectivity index (χ3n) is 3.26. The van der Waals surface area contributed by atoms with Gasteiger partial charge in [-0.05, 0) is 44.0 Å². The lowest BCUT2D eigenvalue weighted by Gasteiger charge is -2.13. The maximum atomic E-state index is 11.1. The number of nitrogens with zero attached hydrogens (tertiary/aromatic N) is 2. The molecule has 0 amide bonds. The molecule has 0 unspecified atom stereocenters. The predicted octanol–water partition coefficient (Wildman–Crippen LogP) is 2.50. The molecule has 0 bridgehead atoms. The summed E-state index contributed by atoms with van der Waals surface area (Å²) in [6.07, 6.45) is 1.35. The van der Waals surface area contributed by atoms with Crippen LogP contribution in [0.3, 0.4) is 0 Å². The monoisotopic (exact) mass is 260 g/mol. The van der Waals surface area contributed by atoms with Gasteiger partial charge in [-0.2, -0.15) is 5.10 Å². The third kappa shape index (κ3) is 2.19. The van der Waals surface area contributed by atoms with Crippen molar-refractivity contribution >= 4 is 5.97 Å². The van der Waals surface area contributed by atoms with Crippen molar-refractivity contribution < 1.29 is 14.6 Å². The maximum absolute atomic E-state index is 11.1. The number of aromatic carboxylic acids is 1. The van der Waals surface area contributed by atoms with Crippen molar-refractivity contribution in [2.24, 2.45) is 0 Å². The fourth-order valence-corrected chi connectivity index (χ4v) is 1.97. The molecule has 0 aliphatic carbocycles. The zero-order valence-electron chi connectivity index (χ0n) is 11.4. The molecule has 5 nitrogen and oxygen atoms in total. The van der Waals surface area contributed by atoms with Gasteiger partial charge in [-0.3, -0.25) is 0 Å². The van der Waals surface area contributed by atoms with Gasteiger partial charge >= 0.3 is 5.97 Å². The van der Waals surface area contributed by atoms with Gasteiger partial charge in [-0.1, -0.05) is 0 Å². The maximum Gasteiger partial charge on any atom is 0.339 e. The van der Waals surface area contributed by atoms with Crippen molar-refractivity contribution in [3.05, 3.63) is 40.7 Å². The van der Waals surface area contributed by atoms with Crippen LogP contribution in [0.5, 0.6) is 5.75 Å². The normalized spacial score (nSPS) is 10.5. The summed E-state index contributed by atoms with van der Waals surface area (Å²) >= 11 is 0. The van der Waals surface area contributed by atoms with Crippen molar-refractivity contribution in [2.75, 3.05) is 7.11 Å². The van der Waals surface area contributed by atoms with E-state index in [1.807, 2.05) is 26.0 Å². The second-order valence-electron chi connectivity index (χ2n) is 4.47. The summed E-state index contributed by atoms with van der Waals surface area (Å²) in [6.45, 7) is 5.72. The number of aryl methyl sites for hydroxylation is 2. The molecule has 0 saturated heterocycles. The lowest BCUT2D eigenvalue weighted by atomic mass is 10.1. The molecular weight excluding hydrogens is 244 g/mol. The highest BCUT2D eigenvalue weighted by Gasteiger charge is 2.16. The van der Waals surface area contributed by atoms with Crippen molar-refractivity contribution in [3.63, 3.8) is 0 Å². The van der Waals surface area contributed by atoms with E-state index in [1.54, 1.807) is 18.7 Å². The highest BCUT2D eigenvalue weighted by atomic mass is 16.5. The lowest BCUT2D eigenvalue weighted by molar-refractivity contribution is 0.0696.